The van der Waals surface area contributed by atoms with E-state index in [0.29, 0.717) is 6.42 Å². The van der Waals surface area contributed by atoms with Gasteiger partial charge in [0.05, 0.1) is 24.2 Å². The number of nitrogens with one attached hydrogen (secondary N) is 1. The molecule has 0 spiro atoms. The number of benzene rings is 1. The molecule has 0 bridgehead atoms. The lowest BCUT2D eigenvalue weighted by molar-refractivity contribution is -0.137. The van der Waals surface area contributed by atoms with Gasteiger partial charge in [0.15, 0.2) is 11.2 Å². The van der Waals surface area contributed by atoms with Crippen LogP contribution < -0.4 is 21.3 Å². The fourth-order valence-electron chi connectivity index (χ4n) is 3.14. The molecule has 9 nitrogen and oxygen atoms in total. The molecule has 3 aromatic rings. The Hall–Kier alpha value is -3.57. The van der Waals surface area contributed by atoms with E-state index >= 15 is 0 Å². The zero-order valence-electron chi connectivity index (χ0n) is 17.7. The molecule has 0 unspecified atom stereocenters. The number of nitrogens with zero attached hydrogens (tertiary/aromatic N) is 4. The van der Waals surface area contributed by atoms with E-state index in [1.807, 2.05) is 6.92 Å². The molecule has 32 heavy (non-hydrogen) atoms. The lowest BCUT2D eigenvalue weighted by atomic mass is 10.1. The summed E-state index contributed by atoms with van der Waals surface area (Å²) in [6.07, 6.45) is -2.76. The maximum absolute atomic E-state index is 13.1. The van der Waals surface area contributed by atoms with E-state index in [4.69, 9.17) is 4.74 Å². The molecule has 2 aromatic heterocycles. The van der Waals surface area contributed by atoms with E-state index < -0.39 is 28.9 Å². The molecule has 1 aromatic carbocycles. The maximum atomic E-state index is 13.1. The minimum absolute atomic E-state index is 0.0277. The van der Waals surface area contributed by atoms with E-state index in [1.165, 1.54) is 35.6 Å². The van der Waals surface area contributed by atoms with Crippen LogP contribution in [0.2, 0.25) is 0 Å². The number of alkyl halides is 3. The van der Waals surface area contributed by atoms with Gasteiger partial charge in [-0.15, -0.1) is 0 Å². The van der Waals surface area contributed by atoms with Crippen LogP contribution in [0.25, 0.3) is 11.2 Å². The van der Waals surface area contributed by atoms with Crippen molar-refractivity contribution in [1.82, 2.24) is 18.7 Å². The topological polar surface area (TPSA) is 100 Å². The number of carbonyl (C=O) groups is 1. The molecule has 0 aliphatic carbocycles. The highest BCUT2D eigenvalue weighted by Gasteiger charge is 2.31. The quantitative estimate of drug-likeness (QED) is 0.592. The van der Waals surface area contributed by atoms with Gasteiger partial charge in [-0.3, -0.25) is 18.7 Å². The summed E-state index contributed by atoms with van der Waals surface area (Å²) < 4.78 is 48.3. The number of amides is 1. The number of halogens is 3. The van der Waals surface area contributed by atoms with Crippen molar-refractivity contribution in [3.8, 4) is 5.75 Å². The van der Waals surface area contributed by atoms with Gasteiger partial charge < -0.3 is 14.6 Å². The van der Waals surface area contributed by atoms with Crippen molar-refractivity contribution in [3.63, 3.8) is 0 Å². The number of anilines is 1. The van der Waals surface area contributed by atoms with Crippen LogP contribution in [-0.4, -0.2) is 31.2 Å². The number of imidazole rings is 1. The summed E-state index contributed by atoms with van der Waals surface area (Å²) in [6.45, 7) is 2.15. The molecule has 1 amide bonds. The summed E-state index contributed by atoms with van der Waals surface area (Å²) in [5.74, 6) is -0.445. The highest BCUT2D eigenvalue weighted by molar-refractivity contribution is 5.92. The monoisotopic (exact) mass is 453 g/mol. The Morgan fingerprint density at radius 2 is 1.91 bits per heavy atom. The largest absolute Gasteiger partial charge is 0.491 e. The van der Waals surface area contributed by atoms with Gasteiger partial charge in [0.25, 0.3) is 5.56 Å². The Bertz CT molecular complexity index is 1270. The summed E-state index contributed by atoms with van der Waals surface area (Å²) >= 11 is 0. The molecule has 0 radical (unpaired) electrons. The average Bonchev–Trinajstić information content (AvgIpc) is 3.17. The van der Waals surface area contributed by atoms with E-state index in [1.54, 1.807) is 0 Å². The molecule has 12 heteroatoms. The van der Waals surface area contributed by atoms with Crippen molar-refractivity contribution >= 4 is 22.8 Å². The third kappa shape index (κ3) is 4.53. The van der Waals surface area contributed by atoms with E-state index in [2.05, 4.69) is 10.3 Å². The molecule has 172 valence electrons. The van der Waals surface area contributed by atoms with Crippen molar-refractivity contribution in [2.24, 2.45) is 14.1 Å². The lowest BCUT2D eigenvalue weighted by Gasteiger charge is -2.15. The first-order valence-electron chi connectivity index (χ1n) is 9.79. The van der Waals surface area contributed by atoms with Crippen molar-refractivity contribution in [3.05, 3.63) is 50.9 Å². The van der Waals surface area contributed by atoms with Crippen LogP contribution in [0.1, 0.15) is 25.3 Å². The van der Waals surface area contributed by atoms with Gasteiger partial charge in [-0.25, -0.2) is 9.78 Å². The predicted molar refractivity (Wildman–Crippen MR) is 111 cm³/mol. The zero-order valence-corrected chi connectivity index (χ0v) is 17.7. The molecular weight excluding hydrogens is 431 g/mol. The van der Waals surface area contributed by atoms with Crippen LogP contribution in [0.15, 0.2) is 34.1 Å². The molecule has 0 fully saturated rings. The Balaban J connectivity index is 1.82. The van der Waals surface area contributed by atoms with E-state index in [-0.39, 0.29) is 42.2 Å². The average molecular weight is 453 g/mol. The summed E-state index contributed by atoms with van der Waals surface area (Å²) in [5.41, 5.74) is -1.78. The highest BCUT2D eigenvalue weighted by atomic mass is 19.4. The van der Waals surface area contributed by atoms with Crippen molar-refractivity contribution in [2.75, 3.05) is 11.9 Å². The third-order valence-electron chi connectivity index (χ3n) is 4.84. The van der Waals surface area contributed by atoms with Gasteiger partial charge in [-0.1, -0.05) is 6.92 Å². The third-order valence-corrected chi connectivity index (χ3v) is 4.84. The number of aromatic nitrogens is 4. The van der Waals surface area contributed by atoms with Crippen LogP contribution in [0.3, 0.4) is 0 Å². The number of aryl methyl sites for hydroxylation is 2. The Morgan fingerprint density at radius 1 is 1.19 bits per heavy atom. The standard InChI is InChI=1S/C20H22F3N5O4/c1-4-9-32-14-6-5-12(20(21,22)23)10-13(14)25-15(29)7-8-28-11-24-17-16(28)18(30)27(3)19(31)26(17)2/h5-6,10-11H,4,7-9H2,1-3H3,(H,25,29). The van der Waals surface area contributed by atoms with Crippen LogP contribution in [-0.2, 0) is 31.6 Å². The second-order valence-corrected chi connectivity index (χ2v) is 7.17. The first-order valence-corrected chi connectivity index (χ1v) is 9.79. The first-order chi connectivity index (χ1) is 15.0. The maximum Gasteiger partial charge on any atom is 0.416 e. The highest BCUT2D eigenvalue weighted by Crippen LogP contribution is 2.35. The fourth-order valence-corrected chi connectivity index (χ4v) is 3.14. The van der Waals surface area contributed by atoms with Crippen molar-refractivity contribution < 1.29 is 22.7 Å². The smallest absolute Gasteiger partial charge is 0.416 e. The number of hydrogen-bond donors (Lipinski definition) is 1. The van der Waals surface area contributed by atoms with Gasteiger partial charge in [-0.2, -0.15) is 13.2 Å². The van der Waals surface area contributed by atoms with Gasteiger partial charge >= 0.3 is 11.9 Å². The second kappa shape index (κ2) is 8.89. The van der Waals surface area contributed by atoms with E-state index in [0.717, 1.165) is 16.7 Å². The van der Waals surface area contributed by atoms with Crippen LogP contribution in [0, 0.1) is 0 Å². The fraction of sp³-hybridized carbons (Fsp3) is 0.400. The Morgan fingerprint density at radius 3 is 2.56 bits per heavy atom. The lowest BCUT2D eigenvalue weighted by Crippen LogP contribution is -2.37. The summed E-state index contributed by atoms with van der Waals surface area (Å²) in [7, 11) is 2.80. The first kappa shape index (κ1) is 23.1. The van der Waals surface area contributed by atoms with Crippen LogP contribution in [0.5, 0.6) is 5.75 Å². The minimum atomic E-state index is -4.57. The van der Waals surface area contributed by atoms with Crippen LogP contribution in [0.4, 0.5) is 18.9 Å². The van der Waals surface area contributed by atoms with Gasteiger partial charge in [-0.05, 0) is 24.6 Å². The zero-order chi connectivity index (χ0) is 23.6. The predicted octanol–water partition coefficient (Wildman–Crippen LogP) is 2.27. The number of rotatable bonds is 7. The normalized spacial score (nSPS) is 11.7. The van der Waals surface area contributed by atoms with Gasteiger partial charge in [0, 0.05) is 27.1 Å². The molecule has 0 atom stereocenters. The molecule has 0 aliphatic rings. The number of hydrogen-bond acceptors (Lipinski definition) is 5. The number of fused-ring (bicyclic) bond motifs is 1. The molecule has 3 rings (SSSR count). The van der Waals surface area contributed by atoms with Crippen molar-refractivity contribution in [2.45, 2.75) is 32.5 Å². The van der Waals surface area contributed by atoms with Gasteiger partial charge in [0.1, 0.15) is 5.75 Å². The summed E-state index contributed by atoms with van der Waals surface area (Å²) in [4.78, 5) is 41.0. The molecule has 1 N–H and O–H groups in total. The molecule has 2 heterocycles. The molecule has 0 saturated carbocycles. The molecular formula is C20H22F3N5O4. The second-order valence-electron chi connectivity index (χ2n) is 7.17. The van der Waals surface area contributed by atoms with Crippen LogP contribution >= 0.6 is 0 Å². The minimum Gasteiger partial charge on any atom is -0.491 e. The molecule has 0 aliphatic heterocycles. The SMILES string of the molecule is CCCOc1ccc(C(F)(F)F)cc1NC(=O)CCn1cnc2c1c(=O)n(C)c(=O)n2C. The summed E-state index contributed by atoms with van der Waals surface area (Å²) in [6, 6.07) is 2.88. The van der Waals surface area contributed by atoms with E-state index in [9.17, 15) is 27.6 Å². The number of carbonyl (C=O) groups excluding carboxylic acids is 1. The molecule has 0 saturated heterocycles. The van der Waals surface area contributed by atoms with Gasteiger partial charge in [0.2, 0.25) is 5.91 Å². The summed E-state index contributed by atoms with van der Waals surface area (Å²) in [5, 5.41) is 2.45. The van der Waals surface area contributed by atoms with Crippen molar-refractivity contribution in [1.29, 1.82) is 0 Å². The Kier molecular flexibility index (Phi) is 6.42. The Labute approximate surface area is 180 Å². The number of ether oxygens (including phenoxy) is 1.